The van der Waals surface area contributed by atoms with Crippen molar-refractivity contribution < 1.29 is 23.2 Å². The molecule has 1 N–H and O–H groups in total. The summed E-state index contributed by atoms with van der Waals surface area (Å²) in [5.41, 5.74) is 0. The molecule has 0 aliphatic carbocycles. The Morgan fingerprint density at radius 2 is 1.92 bits per heavy atom. The van der Waals surface area contributed by atoms with Gasteiger partial charge in [0.25, 0.3) is 0 Å². The van der Waals surface area contributed by atoms with Crippen LogP contribution in [-0.2, 0) is 23.2 Å². The van der Waals surface area contributed by atoms with Crippen LogP contribution in [-0.4, -0.2) is 32.2 Å². The molecule has 6 nitrogen and oxygen atoms in total. The molecule has 0 aliphatic rings. The molecule has 0 aromatic carbocycles. The molecule has 13 heavy (non-hydrogen) atoms. The van der Waals surface area contributed by atoms with Crippen LogP contribution in [0.4, 0.5) is 0 Å². The molecule has 1 amide bonds. The van der Waals surface area contributed by atoms with Gasteiger partial charge in [0, 0.05) is 21.1 Å². The fourth-order valence-electron chi connectivity index (χ4n) is 0.698. The van der Waals surface area contributed by atoms with E-state index in [4.69, 9.17) is 0 Å². The van der Waals surface area contributed by atoms with Gasteiger partial charge in [-0.25, -0.2) is 0 Å². The largest absolute Gasteiger partial charge is 0.359 e. The molecular formula is C6H12NO5P. The minimum absolute atomic E-state index is 0.315. The molecule has 0 spiro atoms. The van der Waals surface area contributed by atoms with Gasteiger partial charge in [-0.2, -0.15) is 0 Å². The number of nitrogens with one attached hydrogen (secondary N) is 1. The lowest BCUT2D eigenvalue weighted by atomic mass is 10.6. The molecule has 0 aliphatic heterocycles. The highest BCUT2D eigenvalue weighted by atomic mass is 31.2. The van der Waals surface area contributed by atoms with Crippen LogP contribution in [0.3, 0.4) is 0 Å². The first kappa shape index (κ1) is 12.3. The van der Waals surface area contributed by atoms with E-state index in [1.165, 1.54) is 6.92 Å². The average Bonchev–Trinajstić information content (AvgIpc) is 2.12. The summed E-state index contributed by atoms with van der Waals surface area (Å²) < 4.78 is 20.6. The number of hydrogen-bond donors (Lipinski definition) is 1. The number of carbonyl (C=O) groups is 2. The van der Waals surface area contributed by atoms with Crippen molar-refractivity contribution in [3.63, 3.8) is 0 Å². The number of rotatable bonds is 5. The summed E-state index contributed by atoms with van der Waals surface area (Å²) in [7, 11) is -1.26. The Kier molecular flexibility index (Phi) is 4.83. The highest BCUT2D eigenvalue weighted by Gasteiger charge is 2.34. The van der Waals surface area contributed by atoms with Crippen LogP contribution in [0.5, 0.6) is 0 Å². The van der Waals surface area contributed by atoms with Gasteiger partial charge in [-0.3, -0.25) is 9.36 Å². The standard InChI is InChI=1S/C6H12NO5P/c1-5(9)7-6(4-8)13(10,11-2)12-3/h4,6H,1-3H3,(H,7,9). The minimum atomic E-state index is -3.55. The van der Waals surface area contributed by atoms with E-state index in [-0.39, 0.29) is 0 Å². The average molecular weight is 209 g/mol. The second-order valence-corrected chi connectivity index (χ2v) is 4.55. The van der Waals surface area contributed by atoms with Crippen LogP contribution < -0.4 is 5.32 Å². The Morgan fingerprint density at radius 3 is 2.15 bits per heavy atom. The molecule has 1 atom stereocenters. The summed E-state index contributed by atoms with van der Waals surface area (Å²) in [6.45, 7) is 1.20. The minimum Gasteiger partial charge on any atom is -0.336 e. The lowest BCUT2D eigenvalue weighted by molar-refractivity contribution is -0.121. The summed E-state index contributed by atoms with van der Waals surface area (Å²) in [6, 6.07) is 0. The molecule has 0 radical (unpaired) electrons. The lowest BCUT2D eigenvalue weighted by Gasteiger charge is -2.19. The Morgan fingerprint density at radius 1 is 1.46 bits per heavy atom. The predicted molar refractivity (Wildman–Crippen MR) is 45.3 cm³/mol. The van der Waals surface area contributed by atoms with Gasteiger partial charge < -0.3 is 19.2 Å². The van der Waals surface area contributed by atoms with E-state index in [0.29, 0.717) is 6.29 Å². The van der Waals surface area contributed by atoms with E-state index in [0.717, 1.165) is 14.2 Å². The van der Waals surface area contributed by atoms with Crippen molar-refractivity contribution in [1.82, 2.24) is 5.32 Å². The van der Waals surface area contributed by atoms with E-state index in [1.807, 2.05) is 0 Å². The van der Waals surface area contributed by atoms with Gasteiger partial charge in [0.05, 0.1) is 0 Å². The summed E-state index contributed by atoms with van der Waals surface area (Å²) in [4.78, 5) is 21.0. The molecule has 0 fully saturated rings. The molecule has 0 rings (SSSR count). The maximum Gasteiger partial charge on any atom is 0.359 e. The zero-order valence-electron chi connectivity index (χ0n) is 7.64. The van der Waals surface area contributed by atoms with Gasteiger partial charge in [0.2, 0.25) is 5.91 Å². The molecule has 0 bridgehead atoms. The molecule has 0 saturated heterocycles. The quantitative estimate of drug-likeness (QED) is 0.514. The molecule has 7 heteroatoms. The van der Waals surface area contributed by atoms with Crippen molar-refractivity contribution in [2.45, 2.75) is 12.7 Å². The van der Waals surface area contributed by atoms with Crippen LogP contribution in [0.2, 0.25) is 0 Å². The van der Waals surface area contributed by atoms with Gasteiger partial charge in [0.15, 0.2) is 12.1 Å². The zero-order chi connectivity index (χ0) is 10.5. The third kappa shape index (κ3) is 3.26. The van der Waals surface area contributed by atoms with E-state index in [2.05, 4.69) is 14.4 Å². The second-order valence-electron chi connectivity index (χ2n) is 2.19. The van der Waals surface area contributed by atoms with Gasteiger partial charge in [-0.15, -0.1) is 0 Å². The number of carbonyl (C=O) groups excluding carboxylic acids is 2. The van der Waals surface area contributed by atoms with Crippen LogP contribution >= 0.6 is 7.60 Å². The summed E-state index contributed by atoms with van der Waals surface area (Å²) in [6.07, 6.45) is 0.315. The smallest absolute Gasteiger partial charge is 0.336 e. The predicted octanol–water partition coefficient (Wildman–Crippen LogP) is 0.133. The van der Waals surface area contributed by atoms with Gasteiger partial charge >= 0.3 is 7.60 Å². The topological polar surface area (TPSA) is 81.7 Å². The number of aldehydes is 1. The Hall–Kier alpha value is -0.710. The second kappa shape index (κ2) is 5.11. The zero-order valence-corrected chi connectivity index (χ0v) is 8.54. The van der Waals surface area contributed by atoms with Crippen molar-refractivity contribution in [3.05, 3.63) is 0 Å². The molecule has 0 heterocycles. The Labute approximate surface area is 76.1 Å². The first-order valence-corrected chi connectivity index (χ1v) is 5.05. The molecule has 0 aromatic heterocycles. The lowest BCUT2D eigenvalue weighted by Crippen LogP contribution is -2.34. The van der Waals surface area contributed by atoms with Crippen molar-refractivity contribution in [1.29, 1.82) is 0 Å². The van der Waals surface area contributed by atoms with E-state index < -0.39 is 19.3 Å². The third-order valence-electron chi connectivity index (χ3n) is 1.33. The summed E-state index contributed by atoms with van der Waals surface area (Å²) in [5, 5.41) is 2.15. The number of amides is 1. The van der Waals surface area contributed by atoms with Crippen LogP contribution in [0, 0.1) is 0 Å². The normalized spacial score (nSPS) is 13.5. The highest BCUT2D eigenvalue weighted by molar-refractivity contribution is 7.55. The van der Waals surface area contributed by atoms with Crippen LogP contribution in [0.25, 0.3) is 0 Å². The van der Waals surface area contributed by atoms with E-state index in [9.17, 15) is 14.2 Å². The van der Waals surface area contributed by atoms with Crippen LogP contribution in [0.15, 0.2) is 0 Å². The highest BCUT2D eigenvalue weighted by Crippen LogP contribution is 2.49. The fourth-order valence-corrected chi connectivity index (χ4v) is 1.79. The molecule has 76 valence electrons. The van der Waals surface area contributed by atoms with E-state index >= 15 is 0 Å². The van der Waals surface area contributed by atoms with Gasteiger partial charge in [0.1, 0.15) is 0 Å². The van der Waals surface area contributed by atoms with Crippen molar-refractivity contribution >= 4 is 19.8 Å². The first-order chi connectivity index (χ1) is 6.00. The molecule has 0 aromatic rings. The third-order valence-corrected chi connectivity index (χ3v) is 3.28. The Balaban J connectivity index is 4.63. The van der Waals surface area contributed by atoms with Crippen molar-refractivity contribution in [2.75, 3.05) is 14.2 Å². The fraction of sp³-hybridized carbons (Fsp3) is 0.667. The first-order valence-electron chi connectivity index (χ1n) is 3.43. The van der Waals surface area contributed by atoms with Crippen LogP contribution in [0.1, 0.15) is 6.92 Å². The Bertz CT molecular complexity index is 233. The van der Waals surface area contributed by atoms with Crippen molar-refractivity contribution in [2.24, 2.45) is 0 Å². The molecule has 0 saturated carbocycles. The summed E-state index contributed by atoms with van der Waals surface area (Å²) >= 11 is 0. The monoisotopic (exact) mass is 209 g/mol. The maximum absolute atomic E-state index is 11.5. The maximum atomic E-state index is 11.5. The molecule has 1 unspecified atom stereocenters. The van der Waals surface area contributed by atoms with Crippen molar-refractivity contribution in [3.8, 4) is 0 Å². The number of hydrogen-bond acceptors (Lipinski definition) is 5. The molecular weight excluding hydrogens is 197 g/mol. The summed E-state index contributed by atoms with van der Waals surface area (Å²) in [5.74, 6) is -1.73. The van der Waals surface area contributed by atoms with Gasteiger partial charge in [-0.1, -0.05) is 0 Å². The van der Waals surface area contributed by atoms with E-state index in [1.54, 1.807) is 0 Å². The van der Waals surface area contributed by atoms with Gasteiger partial charge in [-0.05, 0) is 0 Å². The SMILES string of the molecule is COP(=O)(OC)C(C=O)NC(C)=O.